The van der Waals surface area contributed by atoms with E-state index in [0.29, 0.717) is 32.8 Å². The molecular weight excluding hydrogens is 236 g/mol. The fraction of sp³-hybridized carbons (Fsp3) is 1.00. The van der Waals surface area contributed by atoms with Crippen molar-refractivity contribution in [3.8, 4) is 0 Å². The van der Waals surface area contributed by atoms with E-state index in [4.69, 9.17) is 24.4 Å². The van der Waals surface area contributed by atoms with Gasteiger partial charge in [0.25, 0.3) is 0 Å². The topological polar surface area (TPSA) is 57.2 Å². The highest BCUT2D eigenvalue weighted by Crippen LogP contribution is 1.94. The van der Waals surface area contributed by atoms with Crippen LogP contribution in [0.5, 0.6) is 0 Å². The molecule has 0 spiro atoms. The van der Waals surface area contributed by atoms with Crippen LogP contribution >= 0.6 is 0 Å². The zero-order chi connectivity index (χ0) is 13.3. The zero-order valence-corrected chi connectivity index (χ0v) is 11.6. The monoisotopic (exact) mass is 264 g/mol. The molecule has 0 bridgehead atoms. The Morgan fingerprint density at radius 1 is 0.667 bits per heavy atom. The van der Waals surface area contributed by atoms with Gasteiger partial charge in [0.1, 0.15) is 0 Å². The van der Waals surface area contributed by atoms with E-state index in [1.165, 1.54) is 0 Å². The van der Waals surface area contributed by atoms with Crippen molar-refractivity contribution in [3.63, 3.8) is 0 Å². The number of aliphatic hydroxyl groups excluding tert-OH is 1. The normalized spacial score (nSPS) is 11.0. The molecule has 0 saturated heterocycles. The average molecular weight is 264 g/mol. The minimum absolute atomic E-state index is 0.193. The molecular formula is C13H28O5. The Hall–Kier alpha value is -0.200. The molecule has 0 heterocycles. The maximum Gasteiger partial charge on any atom is 0.0844 e. The largest absolute Gasteiger partial charge is 0.396 e. The van der Waals surface area contributed by atoms with E-state index in [2.05, 4.69) is 6.92 Å². The summed E-state index contributed by atoms with van der Waals surface area (Å²) in [5.74, 6) is 0. The van der Waals surface area contributed by atoms with Gasteiger partial charge in [0.2, 0.25) is 0 Å². The van der Waals surface area contributed by atoms with Gasteiger partial charge in [-0.25, -0.2) is 9.78 Å². The molecule has 0 saturated carbocycles. The van der Waals surface area contributed by atoms with Crippen LogP contribution < -0.4 is 0 Å². The van der Waals surface area contributed by atoms with Crippen molar-refractivity contribution in [3.05, 3.63) is 0 Å². The SMILES string of the molecule is CCCOCCCOOCCCCOCCCO. The van der Waals surface area contributed by atoms with Crippen molar-refractivity contribution in [2.75, 3.05) is 46.2 Å². The fourth-order valence-electron chi connectivity index (χ4n) is 1.22. The molecule has 0 aromatic rings. The highest BCUT2D eigenvalue weighted by Gasteiger charge is 1.93. The summed E-state index contributed by atoms with van der Waals surface area (Å²) >= 11 is 0. The molecule has 0 aromatic heterocycles. The minimum atomic E-state index is 0.193. The Morgan fingerprint density at radius 2 is 1.22 bits per heavy atom. The van der Waals surface area contributed by atoms with Crippen molar-refractivity contribution < 1.29 is 24.4 Å². The van der Waals surface area contributed by atoms with Gasteiger partial charge in [-0.3, -0.25) is 0 Å². The van der Waals surface area contributed by atoms with Crippen molar-refractivity contribution >= 4 is 0 Å². The molecule has 18 heavy (non-hydrogen) atoms. The first-order valence-corrected chi connectivity index (χ1v) is 6.92. The van der Waals surface area contributed by atoms with Gasteiger partial charge in [0.05, 0.1) is 13.2 Å². The van der Waals surface area contributed by atoms with Crippen molar-refractivity contribution in [2.24, 2.45) is 0 Å². The number of unbranched alkanes of at least 4 members (excludes halogenated alkanes) is 1. The molecule has 0 atom stereocenters. The summed E-state index contributed by atoms with van der Waals surface area (Å²) in [4.78, 5) is 10.0. The van der Waals surface area contributed by atoms with Gasteiger partial charge < -0.3 is 14.6 Å². The van der Waals surface area contributed by atoms with Crippen LogP contribution in [-0.2, 0) is 19.2 Å². The summed E-state index contributed by atoms with van der Waals surface area (Å²) in [5.41, 5.74) is 0. The fourth-order valence-corrected chi connectivity index (χ4v) is 1.22. The van der Waals surface area contributed by atoms with Crippen LogP contribution in [0.1, 0.15) is 39.0 Å². The van der Waals surface area contributed by atoms with Gasteiger partial charge in [-0.15, -0.1) is 0 Å². The van der Waals surface area contributed by atoms with Crippen molar-refractivity contribution in [1.29, 1.82) is 0 Å². The molecule has 0 fully saturated rings. The highest BCUT2D eigenvalue weighted by atomic mass is 17.2. The van der Waals surface area contributed by atoms with Crippen molar-refractivity contribution in [2.45, 2.75) is 39.0 Å². The first kappa shape index (κ1) is 17.8. The van der Waals surface area contributed by atoms with Crippen LogP contribution in [0.4, 0.5) is 0 Å². The van der Waals surface area contributed by atoms with Crippen LogP contribution in [0, 0.1) is 0 Å². The molecule has 0 aliphatic rings. The van der Waals surface area contributed by atoms with Gasteiger partial charge in [-0.05, 0) is 32.1 Å². The van der Waals surface area contributed by atoms with Crippen LogP contribution in [-0.4, -0.2) is 51.4 Å². The van der Waals surface area contributed by atoms with E-state index in [1.54, 1.807) is 0 Å². The van der Waals surface area contributed by atoms with E-state index < -0.39 is 0 Å². The molecule has 5 heteroatoms. The van der Waals surface area contributed by atoms with E-state index in [-0.39, 0.29) is 6.61 Å². The molecule has 0 aliphatic heterocycles. The third kappa shape index (κ3) is 15.8. The molecule has 0 rings (SSSR count). The lowest BCUT2D eigenvalue weighted by molar-refractivity contribution is -0.296. The van der Waals surface area contributed by atoms with Gasteiger partial charge >= 0.3 is 0 Å². The van der Waals surface area contributed by atoms with Crippen LogP contribution in [0.2, 0.25) is 0 Å². The van der Waals surface area contributed by atoms with Gasteiger partial charge in [0, 0.05) is 33.0 Å². The summed E-state index contributed by atoms with van der Waals surface area (Å²) in [7, 11) is 0. The quantitative estimate of drug-likeness (QED) is 0.278. The molecule has 5 nitrogen and oxygen atoms in total. The summed E-state index contributed by atoms with van der Waals surface area (Å²) in [5, 5.41) is 8.53. The van der Waals surface area contributed by atoms with Crippen molar-refractivity contribution in [1.82, 2.24) is 0 Å². The summed E-state index contributed by atoms with van der Waals surface area (Å²) in [6.45, 7) is 6.36. The second-order valence-electron chi connectivity index (χ2n) is 4.01. The van der Waals surface area contributed by atoms with Crippen LogP contribution in [0.3, 0.4) is 0 Å². The molecule has 0 unspecified atom stereocenters. The second-order valence-corrected chi connectivity index (χ2v) is 4.01. The van der Waals surface area contributed by atoms with Crippen LogP contribution in [0.25, 0.3) is 0 Å². The van der Waals surface area contributed by atoms with Gasteiger partial charge in [-0.2, -0.15) is 0 Å². The van der Waals surface area contributed by atoms with Gasteiger partial charge in [-0.1, -0.05) is 6.92 Å². The first-order chi connectivity index (χ1) is 8.91. The number of aliphatic hydroxyl groups is 1. The Bertz CT molecular complexity index is 127. The van der Waals surface area contributed by atoms with E-state index in [1.807, 2.05) is 0 Å². The molecule has 1 N–H and O–H groups in total. The predicted octanol–water partition coefficient (Wildman–Crippen LogP) is 1.93. The molecule has 0 aliphatic carbocycles. The van der Waals surface area contributed by atoms with E-state index in [0.717, 1.165) is 38.9 Å². The smallest absolute Gasteiger partial charge is 0.0844 e. The minimum Gasteiger partial charge on any atom is -0.396 e. The Balaban J connectivity index is 2.86. The zero-order valence-electron chi connectivity index (χ0n) is 11.6. The summed E-state index contributed by atoms with van der Waals surface area (Å²) < 4.78 is 10.6. The van der Waals surface area contributed by atoms with E-state index in [9.17, 15) is 0 Å². The Labute approximate surface area is 110 Å². The number of rotatable bonds is 15. The number of hydrogen-bond donors (Lipinski definition) is 1. The Kier molecular flexibility index (Phi) is 16.6. The standard InChI is InChI=1S/C13H28O5/c1-2-8-15-11-6-13-18-17-12-4-3-9-16-10-5-7-14/h14H,2-13H2,1H3. The number of ether oxygens (including phenoxy) is 2. The molecule has 0 amide bonds. The maximum absolute atomic E-state index is 8.53. The average Bonchev–Trinajstić information content (AvgIpc) is 2.39. The Morgan fingerprint density at radius 3 is 1.94 bits per heavy atom. The third-order valence-electron chi connectivity index (χ3n) is 2.16. The molecule has 0 aromatic carbocycles. The second kappa shape index (κ2) is 16.8. The maximum atomic E-state index is 8.53. The molecule has 0 radical (unpaired) electrons. The van der Waals surface area contributed by atoms with Gasteiger partial charge in [0.15, 0.2) is 0 Å². The number of hydrogen-bond acceptors (Lipinski definition) is 5. The lowest BCUT2D eigenvalue weighted by atomic mass is 10.3. The lowest BCUT2D eigenvalue weighted by Crippen LogP contribution is -2.04. The molecule has 110 valence electrons. The highest BCUT2D eigenvalue weighted by molar-refractivity contribution is 4.38. The summed E-state index contributed by atoms with van der Waals surface area (Å²) in [6, 6.07) is 0. The predicted molar refractivity (Wildman–Crippen MR) is 69.4 cm³/mol. The lowest BCUT2D eigenvalue weighted by Gasteiger charge is -2.05. The first-order valence-electron chi connectivity index (χ1n) is 6.92. The third-order valence-corrected chi connectivity index (χ3v) is 2.16. The van der Waals surface area contributed by atoms with E-state index >= 15 is 0 Å². The van der Waals surface area contributed by atoms with Crippen LogP contribution in [0.15, 0.2) is 0 Å². The summed E-state index contributed by atoms with van der Waals surface area (Å²) in [6.07, 6.45) is 4.50.